The van der Waals surface area contributed by atoms with Gasteiger partial charge in [-0.05, 0) is 88.1 Å². The molecule has 0 saturated heterocycles. The van der Waals surface area contributed by atoms with Crippen LogP contribution in [0.1, 0.15) is 77.1 Å². The molecule has 1 aliphatic carbocycles. The standard InChI is InChI=1S/C31H43N3O5/c1-18(2)16-24(32-30(38)39-31(6,7)8)29(37)34(25-17-21(25)5)27(22-12-14-23(35)15-13-22)28(36)33-26-19(3)10-9-11-20(26)4/h9-15,18,21,24-25,27,35H,16-17H2,1-8H3,(H,32,38)(H,33,36). The van der Waals surface area contributed by atoms with Crippen molar-refractivity contribution in [2.75, 3.05) is 5.32 Å². The van der Waals surface area contributed by atoms with Crippen LogP contribution >= 0.6 is 0 Å². The first-order valence-electron chi connectivity index (χ1n) is 13.7. The van der Waals surface area contributed by atoms with E-state index >= 15 is 0 Å². The number of nitrogens with zero attached hydrogens (tertiary/aromatic N) is 1. The second-order valence-electron chi connectivity index (χ2n) is 12.1. The first kappa shape index (κ1) is 30.0. The van der Waals surface area contributed by atoms with Crippen LogP contribution in [0.25, 0.3) is 0 Å². The van der Waals surface area contributed by atoms with E-state index in [2.05, 4.69) is 10.6 Å². The van der Waals surface area contributed by atoms with Gasteiger partial charge in [0.25, 0.3) is 5.91 Å². The smallest absolute Gasteiger partial charge is 0.408 e. The normalized spacial score (nSPS) is 18.2. The topological polar surface area (TPSA) is 108 Å². The van der Waals surface area contributed by atoms with Crippen molar-refractivity contribution < 1.29 is 24.2 Å². The third-order valence-electron chi connectivity index (χ3n) is 6.84. The van der Waals surface area contributed by atoms with Crippen LogP contribution in [0.5, 0.6) is 5.75 Å². The number of alkyl carbamates (subject to hydrolysis) is 1. The van der Waals surface area contributed by atoms with Crippen LogP contribution in [0.3, 0.4) is 0 Å². The van der Waals surface area contributed by atoms with Gasteiger partial charge in [0, 0.05) is 11.7 Å². The fraction of sp³-hybridized carbons (Fsp3) is 0.516. The molecule has 0 heterocycles. The van der Waals surface area contributed by atoms with Gasteiger partial charge < -0.3 is 25.4 Å². The summed E-state index contributed by atoms with van der Waals surface area (Å²) in [7, 11) is 0. The van der Waals surface area contributed by atoms with Gasteiger partial charge in [-0.2, -0.15) is 0 Å². The highest BCUT2D eigenvalue weighted by Gasteiger charge is 2.48. The van der Waals surface area contributed by atoms with E-state index in [9.17, 15) is 19.5 Å². The largest absolute Gasteiger partial charge is 0.508 e. The van der Waals surface area contributed by atoms with Gasteiger partial charge >= 0.3 is 6.09 Å². The number of phenolic OH excluding ortho intramolecular Hbond substituents is 1. The fourth-order valence-electron chi connectivity index (χ4n) is 4.79. The molecule has 8 heteroatoms. The van der Waals surface area contributed by atoms with Crippen LogP contribution in [-0.2, 0) is 14.3 Å². The van der Waals surface area contributed by atoms with E-state index in [4.69, 9.17) is 4.74 Å². The van der Waals surface area contributed by atoms with Crippen LogP contribution in [0.15, 0.2) is 42.5 Å². The Morgan fingerprint density at radius 3 is 2.10 bits per heavy atom. The second kappa shape index (κ2) is 12.1. The number of aryl methyl sites for hydroxylation is 2. The number of benzene rings is 2. The first-order chi connectivity index (χ1) is 18.2. The van der Waals surface area contributed by atoms with Crippen molar-refractivity contribution in [1.29, 1.82) is 0 Å². The molecular formula is C31H43N3O5. The molecule has 0 spiro atoms. The Bertz CT molecular complexity index is 1170. The van der Waals surface area contributed by atoms with E-state index in [1.807, 2.05) is 52.8 Å². The highest BCUT2D eigenvalue weighted by molar-refractivity contribution is 6.00. The zero-order valence-electron chi connectivity index (χ0n) is 24.4. The Kier molecular flexibility index (Phi) is 9.30. The van der Waals surface area contributed by atoms with Crippen LogP contribution in [-0.4, -0.2) is 45.6 Å². The Morgan fingerprint density at radius 1 is 1.05 bits per heavy atom. The summed E-state index contributed by atoms with van der Waals surface area (Å²) in [5, 5.41) is 15.8. The number of hydrogen-bond donors (Lipinski definition) is 3. The molecule has 0 aromatic heterocycles. The molecule has 3 amide bonds. The fourth-order valence-corrected chi connectivity index (χ4v) is 4.79. The van der Waals surface area contributed by atoms with Gasteiger partial charge in [0.15, 0.2) is 0 Å². The van der Waals surface area contributed by atoms with E-state index in [0.29, 0.717) is 17.7 Å². The lowest BCUT2D eigenvalue weighted by molar-refractivity contribution is -0.142. The van der Waals surface area contributed by atoms with E-state index in [0.717, 1.165) is 17.5 Å². The van der Waals surface area contributed by atoms with Gasteiger partial charge in [0.05, 0.1) is 0 Å². The van der Waals surface area contributed by atoms with Gasteiger partial charge in [-0.15, -0.1) is 0 Å². The minimum Gasteiger partial charge on any atom is -0.508 e. The minimum absolute atomic E-state index is 0.0644. The molecular weight excluding hydrogens is 494 g/mol. The summed E-state index contributed by atoms with van der Waals surface area (Å²) in [5.74, 6) is -0.329. The summed E-state index contributed by atoms with van der Waals surface area (Å²) >= 11 is 0. The Morgan fingerprint density at radius 2 is 1.62 bits per heavy atom. The lowest BCUT2D eigenvalue weighted by atomic mass is 9.98. The maximum absolute atomic E-state index is 14.3. The van der Waals surface area contributed by atoms with Gasteiger partial charge in [-0.3, -0.25) is 9.59 Å². The van der Waals surface area contributed by atoms with Gasteiger partial charge in [-0.25, -0.2) is 4.79 Å². The van der Waals surface area contributed by atoms with Crippen molar-refractivity contribution in [3.8, 4) is 5.75 Å². The van der Waals surface area contributed by atoms with Gasteiger partial charge in [-0.1, -0.05) is 51.1 Å². The highest BCUT2D eigenvalue weighted by Crippen LogP contribution is 2.41. The van der Waals surface area contributed by atoms with Crippen LogP contribution in [0.4, 0.5) is 10.5 Å². The molecule has 39 heavy (non-hydrogen) atoms. The molecule has 0 bridgehead atoms. The number of ether oxygens (including phenoxy) is 1. The SMILES string of the molecule is Cc1cccc(C)c1NC(=O)C(c1ccc(O)cc1)N(C(=O)C(CC(C)C)NC(=O)OC(C)(C)C)C1CC1C. The third kappa shape index (κ3) is 7.97. The lowest BCUT2D eigenvalue weighted by Crippen LogP contribution is -2.53. The van der Waals surface area contributed by atoms with Crippen LogP contribution in [0, 0.1) is 25.7 Å². The van der Waals surface area contributed by atoms with Crippen molar-refractivity contribution in [2.45, 2.75) is 92.0 Å². The van der Waals surface area contributed by atoms with Gasteiger partial charge in [0.1, 0.15) is 23.4 Å². The number of rotatable bonds is 9. The maximum atomic E-state index is 14.3. The molecule has 212 valence electrons. The summed E-state index contributed by atoms with van der Waals surface area (Å²) in [6.45, 7) is 15.1. The van der Waals surface area contributed by atoms with E-state index in [1.165, 1.54) is 12.1 Å². The van der Waals surface area contributed by atoms with E-state index in [1.54, 1.807) is 37.8 Å². The molecule has 0 aliphatic heterocycles. The molecule has 2 aromatic carbocycles. The number of anilines is 1. The van der Waals surface area contributed by atoms with Crippen LogP contribution in [0.2, 0.25) is 0 Å². The Hall–Kier alpha value is -3.55. The molecule has 1 aliphatic rings. The Labute approximate surface area is 232 Å². The van der Waals surface area contributed by atoms with Crippen molar-refractivity contribution in [1.82, 2.24) is 10.2 Å². The quantitative estimate of drug-likeness (QED) is 0.371. The van der Waals surface area contributed by atoms with Crippen molar-refractivity contribution in [3.63, 3.8) is 0 Å². The summed E-state index contributed by atoms with van der Waals surface area (Å²) in [4.78, 5) is 42.7. The maximum Gasteiger partial charge on any atom is 0.408 e. The zero-order valence-corrected chi connectivity index (χ0v) is 24.4. The number of phenols is 1. The average Bonchev–Trinajstić information content (AvgIpc) is 3.54. The zero-order chi connectivity index (χ0) is 29.1. The number of aromatic hydroxyl groups is 1. The van der Waals surface area contributed by atoms with Crippen molar-refractivity contribution >= 4 is 23.6 Å². The molecule has 3 rings (SSSR count). The van der Waals surface area contributed by atoms with Crippen LogP contribution < -0.4 is 10.6 Å². The number of amides is 3. The summed E-state index contributed by atoms with van der Waals surface area (Å²) in [6.07, 6.45) is 0.459. The molecule has 1 saturated carbocycles. The number of carbonyl (C=O) groups excluding carboxylic acids is 3. The highest BCUT2D eigenvalue weighted by atomic mass is 16.6. The number of nitrogens with one attached hydrogen (secondary N) is 2. The number of hydrogen-bond acceptors (Lipinski definition) is 5. The average molecular weight is 538 g/mol. The summed E-state index contributed by atoms with van der Waals surface area (Å²) in [6, 6.07) is 10.1. The Balaban J connectivity index is 2.04. The lowest BCUT2D eigenvalue weighted by Gasteiger charge is -2.35. The van der Waals surface area contributed by atoms with E-state index in [-0.39, 0.29) is 35.4 Å². The predicted molar refractivity (Wildman–Crippen MR) is 152 cm³/mol. The molecule has 4 atom stereocenters. The predicted octanol–water partition coefficient (Wildman–Crippen LogP) is 5.87. The van der Waals surface area contributed by atoms with Crippen molar-refractivity contribution in [3.05, 3.63) is 59.2 Å². The molecule has 8 nitrogen and oxygen atoms in total. The van der Waals surface area contributed by atoms with Crippen molar-refractivity contribution in [2.24, 2.45) is 11.8 Å². The second-order valence-corrected chi connectivity index (χ2v) is 12.1. The molecule has 3 N–H and O–H groups in total. The van der Waals surface area contributed by atoms with Gasteiger partial charge in [0.2, 0.25) is 5.91 Å². The minimum atomic E-state index is -0.970. The summed E-state index contributed by atoms with van der Waals surface area (Å²) in [5.41, 5.74) is 2.38. The number of carbonyl (C=O) groups is 3. The molecule has 2 aromatic rings. The van der Waals surface area contributed by atoms with E-state index < -0.39 is 23.8 Å². The third-order valence-corrected chi connectivity index (χ3v) is 6.84. The summed E-state index contributed by atoms with van der Waals surface area (Å²) < 4.78 is 5.46. The molecule has 1 fully saturated rings. The monoisotopic (exact) mass is 537 g/mol. The first-order valence-corrected chi connectivity index (χ1v) is 13.7. The number of para-hydroxylation sites is 1. The molecule has 0 radical (unpaired) electrons. The molecule has 4 unspecified atom stereocenters.